The van der Waals surface area contributed by atoms with Gasteiger partial charge in [-0.15, -0.1) is 0 Å². The van der Waals surface area contributed by atoms with Crippen LogP contribution in [0.25, 0.3) is 10.8 Å². The fourth-order valence-corrected chi connectivity index (χ4v) is 3.02. The molecule has 0 bridgehead atoms. The van der Waals surface area contributed by atoms with Crippen LogP contribution in [0, 0.1) is 0 Å². The summed E-state index contributed by atoms with van der Waals surface area (Å²) in [6.07, 6.45) is 0.572. The molecule has 26 heavy (non-hydrogen) atoms. The van der Waals surface area contributed by atoms with Crippen molar-refractivity contribution < 1.29 is 19.1 Å². The molecule has 0 fully saturated rings. The van der Waals surface area contributed by atoms with Gasteiger partial charge in [0.25, 0.3) is 0 Å². The number of carbonyl (C=O) groups is 1. The first-order valence-corrected chi connectivity index (χ1v) is 8.33. The maximum absolute atomic E-state index is 12.5. The van der Waals surface area contributed by atoms with Crippen molar-refractivity contribution in [2.45, 2.75) is 6.42 Å². The van der Waals surface area contributed by atoms with Crippen LogP contribution in [-0.4, -0.2) is 25.4 Å². The Labute approximate surface area is 150 Å². The number of oxime groups is 1. The molecule has 0 atom stereocenters. The minimum Gasteiger partial charge on any atom is -0.497 e. The number of rotatable bonds is 3. The van der Waals surface area contributed by atoms with E-state index in [1.807, 2.05) is 48.5 Å². The summed E-state index contributed by atoms with van der Waals surface area (Å²) >= 11 is 0. The molecule has 0 unspecified atom stereocenters. The predicted molar refractivity (Wildman–Crippen MR) is 99.0 cm³/mol. The maximum atomic E-state index is 12.5. The van der Waals surface area contributed by atoms with Crippen molar-refractivity contribution in [3.05, 3.63) is 71.8 Å². The Morgan fingerprint density at radius 3 is 2.81 bits per heavy atom. The second-order valence-electron chi connectivity index (χ2n) is 5.90. The van der Waals surface area contributed by atoms with Crippen molar-refractivity contribution in [1.82, 2.24) is 0 Å². The predicted octanol–water partition coefficient (Wildman–Crippen LogP) is 4.19. The summed E-state index contributed by atoms with van der Waals surface area (Å²) in [6, 6.07) is 18.7. The molecule has 0 amide bonds. The van der Waals surface area contributed by atoms with Gasteiger partial charge in [0.1, 0.15) is 11.5 Å². The topological polar surface area (TPSA) is 57.1 Å². The zero-order chi connectivity index (χ0) is 17.9. The van der Waals surface area contributed by atoms with Gasteiger partial charge in [-0.2, -0.15) is 0 Å². The molecule has 3 aromatic rings. The molecule has 0 N–H and O–H groups in total. The summed E-state index contributed by atoms with van der Waals surface area (Å²) in [5.41, 5.74) is 1.99. The van der Waals surface area contributed by atoms with E-state index in [0.717, 1.165) is 16.3 Å². The number of ether oxygens (including phenoxy) is 2. The van der Waals surface area contributed by atoms with Gasteiger partial charge < -0.3 is 14.3 Å². The van der Waals surface area contributed by atoms with Crippen molar-refractivity contribution in [2.75, 3.05) is 13.7 Å². The molecule has 0 aliphatic carbocycles. The van der Waals surface area contributed by atoms with Crippen molar-refractivity contribution in [3.63, 3.8) is 0 Å². The number of carbonyl (C=O) groups excluding carboxylic acids is 1. The Hall–Kier alpha value is -3.34. The van der Waals surface area contributed by atoms with Crippen LogP contribution in [0.2, 0.25) is 0 Å². The molecule has 0 saturated heterocycles. The summed E-state index contributed by atoms with van der Waals surface area (Å²) in [4.78, 5) is 17.8. The molecule has 0 aromatic heterocycles. The summed E-state index contributed by atoms with van der Waals surface area (Å²) in [7, 11) is 1.60. The lowest BCUT2D eigenvalue weighted by Gasteiger charge is -2.19. The van der Waals surface area contributed by atoms with Gasteiger partial charge in [-0.3, -0.25) is 0 Å². The largest absolute Gasteiger partial charge is 0.497 e. The fourth-order valence-electron chi connectivity index (χ4n) is 3.02. The van der Waals surface area contributed by atoms with Crippen LogP contribution in [0.15, 0.2) is 65.8 Å². The van der Waals surface area contributed by atoms with E-state index in [9.17, 15) is 4.79 Å². The molecule has 0 saturated carbocycles. The van der Waals surface area contributed by atoms with Gasteiger partial charge in [0, 0.05) is 18.1 Å². The second kappa shape index (κ2) is 6.88. The number of fused-ring (bicyclic) bond motifs is 2. The third kappa shape index (κ3) is 2.99. The van der Waals surface area contributed by atoms with Crippen molar-refractivity contribution in [3.8, 4) is 11.5 Å². The Bertz CT molecular complexity index is 1000. The average molecular weight is 347 g/mol. The van der Waals surface area contributed by atoms with E-state index < -0.39 is 5.97 Å². The van der Waals surface area contributed by atoms with Crippen LogP contribution in [0.5, 0.6) is 11.5 Å². The zero-order valence-electron chi connectivity index (χ0n) is 14.3. The lowest BCUT2D eigenvalue weighted by atomic mass is 10.0. The van der Waals surface area contributed by atoms with Crippen molar-refractivity contribution in [2.24, 2.45) is 5.16 Å². The smallest absolute Gasteiger partial charge is 0.366 e. The van der Waals surface area contributed by atoms with E-state index in [2.05, 4.69) is 5.16 Å². The molecule has 0 radical (unpaired) electrons. The summed E-state index contributed by atoms with van der Waals surface area (Å²) in [5, 5.41) is 5.94. The van der Waals surface area contributed by atoms with Crippen LogP contribution in [0.3, 0.4) is 0 Å². The van der Waals surface area contributed by atoms with Crippen LogP contribution in [0.4, 0.5) is 0 Å². The van der Waals surface area contributed by atoms with Crippen LogP contribution >= 0.6 is 0 Å². The molecule has 130 valence electrons. The van der Waals surface area contributed by atoms with Gasteiger partial charge in [0.15, 0.2) is 0 Å². The molecule has 5 nitrogen and oxygen atoms in total. The average Bonchev–Trinajstić information content (AvgIpc) is 2.71. The first-order valence-electron chi connectivity index (χ1n) is 8.33. The van der Waals surface area contributed by atoms with Crippen LogP contribution in [0.1, 0.15) is 22.3 Å². The Kier molecular flexibility index (Phi) is 4.27. The first kappa shape index (κ1) is 16.1. The van der Waals surface area contributed by atoms with Gasteiger partial charge in [0.05, 0.1) is 25.0 Å². The monoisotopic (exact) mass is 347 g/mol. The molecule has 1 aliphatic heterocycles. The number of hydrogen-bond donors (Lipinski definition) is 0. The second-order valence-corrected chi connectivity index (χ2v) is 5.90. The molecule has 1 aliphatic rings. The van der Waals surface area contributed by atoms with E-state index in [1.165, 1.54) is 0 Å². The summed E-state index contributed by atoms with van der Waals surface area (Å²) in [6.45, 7) is 0.477. The minimum absolute atomic E-state index is 0.476. The molecule has 4 rings (SSSR count). The van der Waals surface area contributed by atoms with E-state index in [1.54, 1.807) is 19.2 Å². The Balaban J connectivity index is 1.62. The standard InChI is InChI=1S/C21H17NO4/c1-24-15-9-10-18-19(11-12-25-20(18)13-15)22-26-21(23)17-8-4-6-14-5-2-3-7-16(14)17/h2-10,13H,11-12H2,1H3/b22-19-. The number of hydrogen-bond acceptors (Lipinski definition) is 5. The summed E-state index contributed by atoms with van der Waals surface area (Å²) < 4.78 is 10.9. The molecule has 5 heteroatoms. The third-order valence-electron chi connectivity index (χ3n) is 4.34. The van der Waals surface area contributed by atoms with E-state index >= 15 is 0 Å². The molecule has 1 heterocycles. The normalized spacial score (nSPS) is 14.6. The Morgan fingerprint density at radius 2 is 1.92 bits per heavy atom. The highest BCUT2D eigenvalue weighted by atomic mass is 16.7. The molecular formula is C21H17NO4. The maximum Gasteiger partial charge on any atom is 0.366 e. The Morgan fingerprint density at radius 1 is 1.08 bits per heavy atom. The van der Waals surface area contributed by atoms with E-state index in [-0.39, 0.29) is 0 Å². The lowest BCUT2D eigenvalue weighted by molar-refractivity contribution is 0.0517. The van der Waals surface area contributed by atoms with Gasteiger partial charge in [0.2, 0.25) is 0 Å². The SMILES string of the molecule is COc1ccc2c(c1)OCC/C2=N/OC(=O)c1cccc2ccccc12. The number of methoxy groups -OCH3 is 1. The third-order valence-corrected chi connectivity index (χ3v) is 4.34. The highest BCUT2D eigenvalue weighted by Crippen LogP contribution is 2.29. The zero-order valence-corrected chi connectivity index (χ0v) is 14.3. The number of nitrogens with zero attached hydrogens (tertiary/aromatic N) is 1. The molecule has 3 aromatic carbocycles. The van der Waals surface area contributed by atoms with E-state index in [4.69, 9.17) is 14.3 Å². The van der Waals surface area contributed by atoms with Crippen LogP contribution < -0.4 is 9.47 Å². The van der Waals surface area contributed by atoms with Gasteiger partial charge >= 0.3 is 5.97 Å². The summed E-state index contributed by atoms with van der Waals surface area (Å²) in [5.74, 6) is 0.907. The number of benzene rings is 3. The van der Waals surface area contributed by atoms with Gasteiger partial charge in [-0.25, -0.2) is 4.79 Å². The quantitative estimate of drug-likeness (QED) is 0.526. The van der Waals surface area contributed by atoms with Crippen molar-refractivity contribution in [1.29, 1.82) is 0 Å². The van der Waals surface area contributed by atoms with Gasteiger partial charge in [-0.1, -0.05) is 41.6 Å². The first-order chi connectivity index (χ1) is 12.8. The highest BCUT2D eigenvalue weighted by Gasteiger charge is 2.19. The van der Waals surface area contributed by atoms with Crippen LogP contribution in [-0.2, 0) is 4.84 Å². The van der Waals surface area contributed by atoms with E-state index in [0.29, 0.717) is 35.8 Å². The molecule has 0 spiro atoms. The molecular weight excluding hydrogens is 330 g/mol. The highest BCUT2D eigenvalue weighted by molar-refractivity contribution is 6.06. The minimum atomic E-state index is -0.476. The fraction of sp³-hybridized carbons (Fsp3) is 0.143. The lowest BCUT2D eigenvalue weighted by Crippen LogP contribution is -2.17. The van der Waals surface area contributed by atoms with Gasteiger partial charge in [-0.05, 0) is 29.0 Å². The van der Waals surface area contributed by atoms with Crippen molar-refractivity contribution >= 4 is 22.5 Å².